The largest absolute Gasteiger partial charge is 0.618 e. The Hall–Kier alpha value is -3.69. The lowest BCUT2D eigenvalue weighted by atomic mass is 9.96. The quantitative estimate of drug-likeness (QED) is 0.311. The molecule has 0 aliphatic heterocycles. The zero-order valence-electron chi connectivity index (χ0n) is 18.1. The number of rotatable bonds is 6. The molecule has 4 rings (SSSR count). The minimum absolute atomic E-state index is 0.0323. The number of pyridine rings is 2. The minimum atomic E-state index is -4.78. The molecule has 6 nitrogen and oxygen atoms in total. The number of amides is 1. The Bertz CT molecular complexity index is 1200. The molecule has 0 spiro atoms. The fourth-order valence-corrected chi connectivity index (χ4v) is 3.49. The SMILES string of the molecule is C[C@@H](NC(=O)c1cnc(OC2CCC2)c(-c2ccc(F)cc2)c1)c1ccc(C(F)(F)F)[n+]([O-])c1. The summed E-state index contributed by atoms with van der Waals surface area (Å²) in [6.07, 6.45) is 0.231. The van der Waals surface area contributed by atoms with Crippen molar-refractivity contribution in [1.29, 1.82) is 0 Å². The Morgan fingerprint density at radius 1 is 1.21 bits per heavy atom. The van der Waals surface area contributed by atoms with Gasteiger partial charge in [-0.3, -0.25) is 4.79 Å². The van der Waals surface area contributed by atoms with E-state index >= 15 is 0 Å². The van der Waals surface area contributed by atoms with E-state index in [9.17, 15) is 27.6 Å². The van der Waals surface area contributed by atoms with Gasteiger partial charge in [0, 0.05) is 23.4 Å². The lowest BCUT2D eigenvalue weighted by molar-refractivity contribution is -0.629. The summed E-state index contributed by atoms with van der Waals surface area (Å²) in [5.74, 6) is -0.625. The van der Waals surface area contributed by atoms with Crippen LogP contribution in [0.15, 0.2) is 54.9 Å². The van der Waals surface area contributed by atoms with Gasteiger partial charge in [0.15, 0.2) is 6.20 Å². The summed E-state index contributed by atoms with van der Waals surface area (Å²) < 4.78 is 57.5. The van der Waals surface area contributed by atoms with Crippen LogP contribution in [0.3, 0.4) is 0 Å². The van der Waals surface area contributed by atoms with E-state index < -0.39 is 29.6 Å². The first-order valence-electron chi connectivity index (χ1n) is 10.7. The van der Waals surface area contributed by atoms with Gasteiger partial charge in [-0.15, -0.1) is 0 Å². The maximum absolute atomic E-state index is 13.4. The first kappa shape index (κ1) is 23.5. The molecule has 1 atom stereocenters. The summed E-state index contributed by atoms with van der Waals surface area (Å²) in [5.41, 5.74) is 0.159. The van der Waals surface area contributed by atoms with Crippen molar-refractivity contribution in [3.63, 3.8) is 0 Å². The molecule has 0 bridgehead atoms. The van der Waals surface area contributed by atoms with Crippen molar-refractivity contribution in [3.8, 4) is 17.0 Å². The van der Waals surface area contributed by atoms with Crippen LogP contribution in [0.1, 0.15) is 53.8 Å². The zero-order chi connectivity index (χ0) is 24.5. The molecule has 1 saturated carbocycles. The second-order valence-electron chi connectivity index (χ2n) is 8.12. The van der Waals surface area contributed by atoms with Crippen molar-refractivity contribution in [1.82, 2.24) is 10.3 Å². The first-order valence-corrected chi connectivity index (χ1v) is 10.7. The summed E-state index contributed by atoms with van der Waals surface area (Å²) in [4.78, 5) is 17.2. The number of aromatic nitrogens is 2. The van der Waals surface area contributed by atoms with Crippen molar-refractivity contribution in [3.05, 3.63) is 82.7 Å². The smallest absolute Gasteiger partial charge is 0.478 e. The highest BCUT2D eigenvalue weighted by Gasteiger charge is 2.39. The number of nitrogens with zero attached hydrogens (tertiary/aromatic N) is 2. The van der Waals surface area contributed by atoms with Gasteiger partial charge in [-0.1, -0.05) is 12.1 Å². The fourth-order valence-electron chi connectivity index (χ4n) is 3.49. The molecule has 1 fully saturated rings. The van der Waals surface area contributed by atoms with Gasteiger partial charge in [-0.2, -0.15) is 17.9 Å². The molecule has 0 unspecified atom stereocenters. The third kappa shape index (κ3) is 5.11. The topological polar surface area (TPSA) is 78.2 Å². The average Bonchev–Trinajstić information content (AvgIpc) is 2.75. The lowest BCUT2D eigenvalue weighted by Gasteiger charge is -2.27. The number of carbonyl (C=O) groups excluding carboxylic acids is 1. The number of carbonyl (C=O) groups is 1. The normalized spacial score (nSPS) is 14.9. The van der Waals surface area contributed by atoms with E-state index in [-0.39, 0.29) is 22.0 Å². The summed E-state index contributed by atoms with van der Waals surface area (Å²) in [6, 6.07) is 8.32. The molecule has 1 aliphatic rings. The number of ether oxygens (including phenoxy) is 1. The van der Waals surface area contributed by atoms with E-state index in [1.807, 2.05) is 0 Å². The van der Waals surface area contributed by atoms with Crippen molar-refractivity contribution in [2.45, 2.75) is 44.5 Å². The van der Waals surface area contributed by atoms with Crippen LogP contribution in [0.2, 0.25) is 0 Å². The highest BCUT2D eigenvalue weighted by molar-refractivity contribution is 5.95. The molecule has 1 aliphatic carbocycles. The number of alkyl halides is 3. The van der Waals surface area contributed by atoms with Crippen LogP contribution in [0, 0.1) is 11.0 Å². The van der Waals surface area contributed by atoms with Gasteiger partial charge in [0.1, 0.15) is 11.9 Å². The van der Waals surface area contributed by atoms with Crippen LogP contribution in [0.4, 0.5) is 17.6 Å². The second kappa shape index (κ2) is 9.28. The second-order valence-corrected chi connectivity index (χ2v) is 8.12. The predicted octanol–water partition coefficient (Wildman–Crippen LogP) is 4.96. The molecular weight excluding hydrogens is 454 g/mol. The third-order valence-corrected chi connectivity index (χ3v) is 5.67. The van der Waals surface area contributed by atoms with Gasteiger partial charge in [-0.05, 0) is 56.0 Å². The molecule has 178 valence electrons. The van der Waals surface area contributed by atoms with Gasteiger partial charge >= 0.3 is 6.18 Å². The third-order valence-electron chi connectivity index (χ3n) is 5.67. The van der Waals surface area contributed by atoms with Gasteiger partial charge in [0.05, 0.1) is 11.6 Å². The molecular formula is C24H21F4N3O3. The number of nitrogens with one attached hydrogen (secondary N) is 1. The minimum Gasteiger partial charge on any atom is -0.618 e. The molecule has 0 radical (unpaired) electrons. The Balaban J connectivity index is 1.57. The maximum Gasteiger partial charge on any atom is 0.478 e. The van der Waals surface area contributed by atoms with Gasteiger partial charge < -0.3 is 15.3 Å². The average molecular weight is 475 g/mol. The maximum atomic E-state index is 13.4. The highest BCUT2D eigenvalue weighted by atomic mass is 19.4. The van der Waals surface area contributed by atoms with E-state index in [0.29, 0.717) is 23.1 Å². The van der Waals surface area contributed by atoms with E-state index in [4.69, 9.17) is 4.74 Å². The van der Waals surface area contributed by atoms with Gasteiger partial charge in [0.25, 0.3) is 11.6 Å². The first-order chi connectivity index (χ1) is 16.1. The van der Waals surface area contributed by atoms with Gasteiger partial charge in [-0.25, -0.2) is 9.37 Å². The van der Waals surface area contributed by atoms with Crippen molar-refractivity contribution < 1.29 is 31.8 Å². The number of hydrogen-bond donors (Lipinski definition) is 1. The zero-order valence-corrected chi connectivity index (χ0v) is 18.1. The summed E-state index contributed by atoms with van der Waals surface area (Å²) >= 11 is 0. The molecule has 1 N–H and O–H groups in total. The van der Waals surface area contributed by atoms with Crippen LogP contribution in [-0.4, -0.2) is 17.0 Å². The Morgan fingerprint density at radius 2 is 1.91 bits per heavy atom. The monoisotopic (exact) mass is 475 g/mol. The summed E-state index contributed by atoms with van der Waals surface area (Å²) in [6.45, 7) is 1.54. The van der Waals surface area contributed by atoms with Gasteiger partial charge in [0.2, 0.25) is 5.88 Å². The molecule has 2 heterocycles. The Morgan fingerprint density at radius 3 is 2.50 bits per heavy atom. The van der Waals surface area contributed by atoms with E-state index in [1.165, 1.54) is 18.3 Å². The Kier molecular flexibility index (Phi) is 6.41. The van der Waals surface area contributed by atoms with Crippen molar-refractivity contribution >= 4 is 5.91 Å². The summed E-state index contributed by atoms with van der Waals surface area (Å²) in [5, 5.41) is 14.4. The molecule has 34 heavy (non-hydrogen) atoms. The van der Waals surface area contributed by atoms with E-state index in [1.54, 1.807) is 25.1 Å². The number of hydrogen-bond acceptors (Lipinski definition) is 4. The van der Waals surface area contributed by atoms with Crippen LogP contribution in [-0.2, 0) is 6.18 Å². The van der Waals surface area contributed by atoms with Crippen LogP contribution >= 0.6 is 0 Å². The molecule has 2 aromatic heterocycles. The van der Waals surface area contributed by atoms with Crippen LogP contribution < -0.4 is 14.8 Å². The van der Waals surface area contributed by atoms with Crippen LogP contribution in [0.25, 0.3) is 11.1 Å². The van der Waals surface area contributed by atoms with Crippen LogP contribution in [0.5, 0.6) is 5.88 Å². The molecule has 1 aromatic carbocycles. The number of benzene rings is 1. The molecule has 3 aromatic rings. The number of halogens is 4. The fraction of sp³-hybridized carbons (Fsp3) is 0.292. The standard InChI is InChI=1S/C24H21F4N3O3/c1-14(16-7-10-21(24(26,27)28)31(33)13-16)30-22(32)17-11-20(15-5-8-18(25)9-6-15)23(29-12-17)34-19-3-2-4-19/h5-14,19H,2-4H2,1H3,(H,30,32)/t14-/m1/s1. The molecule has 10 heteroatoms. The summed E-state index contributed by atoms with van der Waals surface area (Å²) in [7, 11) is 0. The van der Waals surface area contributed by atoms with E-state index in [2.05, 4.69) is 10.3 Å². The van der Waals surface area contributed by atoms with E-state index in [0.717, 1.165) is 31.5 Å². The van der Waals surface area contributed by atoms with Crippen molar-refractivity contribution in [2.24, 2.45) is 0 Å². The molecule has 0 saturated heterocycles. The highest BCUT2D eigenvalue weighted by Crippen LogP contribution is 2.33. The van der Waals surface area contributed by atoms with Crippen molar-refractivity contribution in [2.75, 3.05) is 0 Å². The predicted molar refractivity (Wildman–Crippen MR) is 114 cm³/mol. The Labute approximate surface area is 192 Å². The molecule has 1 amide bonds. The lowest BCUT2D eigenvalue weighted by Crippen LogP contribution is -2.38.